The van der Waals surface area contributed by atoms with Crippen molar-refractivity contribution < 1.29 is 0 Å². The van der Waals surface area contributed by atoms with Gasteiger partial charge in [0.1, 0.15) is 0 Å². The molecule has 104 valence electrons. The van der Waals surface area contributed by atoms with Crippen molar-refractivity contribution in [2.45, 2.75) is 26.8 Å². The molecule has 0 radical (unpaired) electrons. The number of hydrogen-bond donors (Lipinski definition) is 1. The zero-order valence-corrected chi connectivity index (χ0v) is 12.3. The summed E-state index contributed by atoms with van der Waals surface area (Å²) >= 11 is 0. The second-order valence-corrected chi connectivity index (χ2v) is 5.43. The number of nitrogens with one attached hydrogen (secondary N) is 1. The molecule has 3 rings (SSSR count). The molecule has 0 amide bonds. The standard InChI is InChI=1S/C18H22N2/c1-3-20(17-10-5-4-7-14(17)2)13-16-9-6-8-15-11-12-19-18(15)16/h4-10,19H,3,11-13H2,1-2H3. The number of anilines is 2. The quantitative estimate of drug-likeness (QED) is 0.900. The van der Waals surface area contributed by atoms with E-state index in [1.54, 1.807) is 0 Å². The van der Waals surface area contributed by atoms with Crippen molar-refractivity contribution in [2.75, 3.05) is 23.3 Å². The van der Waals surface area contributed by atoms with Gasteiger partial charge in [0.2, 0.25) is 0 Å². The topological polar surface area (TPSA) is 15.3 Å². The number of para-hydroxylation sites is 2. The van der Waals surface area contributed by atoms with E-state index in [0.29, 0.717) is 0 Å². The Morgan fingerprint density at radius 3 is 2.75 bits per heavy atom. The molecule has 0 fully saturated rings. The molecule has 0 saturated carbocycles. The van der Waals surface area contributed by atoms with Crippen molar-refractivity contribution >= 4 is 11.4 Å². The van der Waals surface area contributed by atoms with Gasteiger partial charge in [0.05, 0.1) is 0 Å². The average Bonchev–Trinajstić information content (AvgIpc) is 2.95. The number of benzene rings is 2. The average molecular weight is 266 g/mol. The van der Waals surface area contributed by atoms with Gasteiger partial charge in [-0.3, -0.25) is 0 Å². The van der Waals surface area contributed by atoms with E-state index in [1.807, 2.05) is 0 Å². The van der Waals surface area contributed by atoms with E-state index in [4.69, 9.17) is 0 Å². The first-order valence-electron chi connectivity index (χ1n) is 7.45. The minimum Gasteiger partial charge on any atom is -0.384 e. The van der Waals surface area contributed by atoms with E-state index < -0.39 is 0 Å². The number of hydrogen-bond acceptors (Lipinski definition) is 2. The summed E-state index contributed by atoms with van der Waals surface area (Å²) in [6.07, 6.45) is 1.15. The van der Waals surface area contributed by atoms with Gasteiger partial charge in [-0.05, 0) is 43.0 Å². The summed E-state index contributed by atoms with van der Waals surface area (Å²) in [5, 5.41) is 3.54. The van der Waals surface area contributed by atoms with Crippen LogP contribution in [0.4, 0.5) is 11.4 Å². The van der Waals surface area contributed by atoms with E-state index in [0.717, 1.165) is 26.1 Å². The maximum Gasteiger partial charge on any atom is 0.0449 e. The molecular formula is C18H22N2. The van der Waals surface area contributed by atoms with Gasteiger partial charge in [0.25, 0.3) is 0 Å². The highest BCUT2D eigenvalue weighted by Gasteiger charge is 2.16. The Kier molecular flexibility index (Phi) is 3.64. The molecule has 1 aliphatic heterocycles. The lowest BCUT2D eigenvalue weighted by Crippen LogP contribution is -2.23. The van der Waals surface area contributed by atoms with Gasteiger partial charge in [0, 0.05) is 31.0 Å². The van der Waals surface area contributed by atoms with Gasteiger partial charge >= 0.3 is 0 Å². The zero-order valence-electron chi connectivity index (χ0n) is 12.3. The normalized spacial score (nSPS) is 12.9. The molecule has 1 heterocycles. The van der Waals surface area contributed by atoms with Crippen molar-refractivity contribution in [1.29, 1.82) is 0 Å². The maximum atomic E-state index is 3.54. The van der Waals surface area contributed by atoms with Crippen LogP contribution in [-0.4, -0.2) is 13.1 Å². The third kappa shape index (κ3) is 2.38. The van der Waals surface area contributed by atoms with Gasteiger partial charge in [-0.2, -0.15) is 0 Å². The van der Waals surface area contributed by atoms with E-state index in [1.165, 1.54) is 28.1 Å². The molecule has 0 saturated heterocycles. The van der Waals surface area contributed by atoms with Gasteiger partial charge in [-0.15, -0.1) is 0 Å². The summed E-state index contributed by atoms with van der Waals surface area (Å²) < 4.78 is 0. The Hall–Kier alpha value is -1.96. The fourth-order valence-electron chi connectivity index (χ4n) is 3.03. The Morgan fingerprint density at radius 2 is 1.95 bits per heavy atom. The highest BCUT2D eigenvalue weighted by Crippen LogP contribution is 2.29. The molecule has 0 aromatic heterocycles. The summed E-state index contributed by atoms with van der Waals surface area (Å²) in [6.45, 7) is 7.48. The molecule has 2 aromatic carbocycles. The monoisotopic (exact) mass is 266 g/mol. The second-order valence-electron chi connectivity index (χ2n) is 5.43. The SMILES string of the molecule is CCN(Cc1cccc2c1NCC2)c1ccccc1C. The number of fused-ring (bicyclic) bond motifs is 1. The smallest absolute Gasteiger partial charge is 0.0449 e. The highest BCUT2D eigenvalue weighted by atomic mass is 15.1. The lowest BCUT2D eigenvalue weighted by Gasteiger charge is -2.26. The summed E-state index contributed by atoms with van der Waals surface area (Å²) in [7, 11) is 0. The molecule has 20 heavy (non-hydrogen) atoms. The molecule has 1 N–H and O–H groups in total. The zero-order chi connectivity index (χ0) is 13.9. The first-order chi connectivity index (χ1) is 9.79. The molecule has 0 spiro atoms. The first-order valence-corrected chi connectivity index (χ1v) is 7.45. The minimum atomic E-state index is 0.970. The fraction of sp³-hybridized carbons (Fsp3) is 0.333. The van der Waals surface area contributed by atoms with Gasteiger partial charge < -0.3 is 10.2 Å². The maximum absolute atomic E-state index is 3.54. The van der Waals surface area contributed by atoms with Crippen molar-refractivity contribution in [2.24, 2.45) is 0 Å². The third-order valence-corrected chi connectivity index (χ3v) is 4.13. The van der Waals surface area contributed by atoms with Gasteiger partial charge in [0.15, 0.2) is 0 Å². The van der Waals surface area contributed by atoms with Crippen LogP contribution < -0.4 is 10.2 Å². The first kappa shape index (κ1) is 13.0. The van der Waals surface area contributed by atoms with Crippen LogP contribution in [0.3, 0.4) is 0 Å². The van der Waals surface area contributed by atoms with Crippen molar-refractivity contribution in [3.05, 3.63) is 59.2 Å². The molecule has 2 aromatic rings. The number of rotatable bonds is 4. The summed E-state index contributed by atoms with van der Waals surface area (Å²) in [5.74, 6) is 0. The predicted molar refractivity (Wildman–Crippen MR) is 86.5 cm³/mol. The predicted octanol–water partition coefficient (Wildman–Crippen LogP) is 3.99. The fourth-order valence-corrected chi connectivity index (χ4v) is 3.03. The lowest BCUT2D eigenvalue weighted by molar-refractivity contribution is 0.829. The Labute approximate surface area is 121 Å². The highest BCUT2D eigenvalue weighted by molar-refractivity contribution is 5.63. The number of aryl methyl sites for hydroxylation is 1. The van der Waals surface area contributed by atoms with Crippen LogP contribution in [0.1, 0.15) is 23.6 Å². The molecular weight excluding hydrogens is 244 g/mol. The third-order valence-electron chi connectivity index (χ3n) is 4.13. The largest absolute Gasteiger partial charge is 0.384 e. The molecule has 0 bridgehead atoms. The molecule has 0 atom stereocenters. The molecule has 2 heteroatoms. The van der Waals surface area contributed by atoms with Crippen LogP contribution in [0.2, 0.25) is 0 Å². The Balaban J connectivity index is 1.90. The molecule has 0 unspecified atom stereocenters. The second kappa shape index (κ2) is 5.58. The van der Waals surface area contributed by atoms with E-state index in [9.17, 15) is 0 Å². The van der Waals surface area contributed by atoms with E-state index in [-0.39, 0.29) is 0 Å². The Bertz CT molecular complexity index is 604. The summed E-state index contributed by atoms with van der Waals surface area (Å²) in [5.41, 5.74) is 6.91. The van der Waals surface area contributed by atoms with Crippen LogP contribution in [-0.2, 0) is 13.0 Å². The van der Waals surface area contributed by atoms with Crippen LogP contribution in [0, 0.1) is 6.92 Å². The Morgan fingerprint density at radius 1 is 1.10 bits per heavy atom. The van der Waals surface area contributed by atoms with Crippen molar-refractivity contribution in [1.82, 2.24) is 0 Å². The minimum absolute atomic E-state index is 0.970. The number of nitrogens with zero attached hydrogens (tertiary/aromatic N) is 1. The van der Waals surface area contributed by atoms with Gasteiger partial charge in [-0.1, -0.05) is 36.4 Å². The van der Waals surface area contributed by atoms with Crippen LogP contribution in [0.15, 0.2) is 42.5 Å². The van der Waals surface area contributed by atoms with Crippen molar-refractivity contribution in [3.63, 3.8) is 0 Å². The van der Waals surface area contributed by atoms with Gasteiger partial charge in [-0.25, -0.2) is 0 Å². The van der Waals surface area contributed by atoms with Crippen LogP contribution in [0.5, 0.6) is 0 Å². The van der Waals surface area contributed by atoms with E-state index >= 15 is 0 Å². The summed E-state index contributed by atoms with van der Waals surface area (Å²) in [6, 6.07) is 15.3. The molecule has 1 aliphatic rings. The summed E-state index contributed by atoms with van der Waals surface area (Å²) in [4.78, 5) is 2.45. The van der Waals surface area contributed by atoms with E-state index in [2.05, 4.69) is 66.5 Å². The molecule has 2 nitrogen and oxygen atoms in total. The lowest BCUT2D eigenvalue weighted by atomic mass is 10.1. The van der Waals surface area contributed by atoms with Crippen LogP contribution >= 0.6 is 0 Å². The van der Waals surface area contributed by atoms with Crippen molar-refractivity contribution in [3.8, 4) is 0 Å². The molecule has 0 aliphatic carbocycles. The van der Waals surface area contributed by atoms with Crippen LogP contribution in [0.25, 0.3) is 0 Å².